The van der Waals surface area contributed by atoms with Gasteiger partial charge in [-0.25, -0.2) is 4.57 Å². The molecule has 0 rings (SSSR count). The summed E-state index contributed by atoms with van der Waals surface area (Å²) in [7, 11) is -4.59. The minimum atomic E-state index is -4.59. The van der Waals surface area contributed by atoms with Gasteiger partial charge >= 0.3 is 19.8 Å². The summed E-state index contributed by atoms with van der Waals surface area (Å²) < 4.78 is 33.4. The van der Waals surface area contributed by atoms with Crippen LogP contribution in [0.2, 0.25) is 0 Å². The number of carbonyl (C=O) groups is 4. The van der Waals surface area contributed by atoms with E-state index in [0.29, 0.717) is 12.8 Å². The van der Waals surface area contributed by atoms with Crippen molar-refractivity contribution in [1.29, 1.82) is 0 Å². The molecule has 342 valence electrons. The molecule has 0 fully saturated rings. The lowest BCUT2D eigenvalue weighted by molar-refractivity contribution is -0.161. The van der Waals surface area contributed by atoms with Crippen molar-refractivity contribution in [2.24, 2.45) is 5.73 Å². The van der Waals surface area contributed by atoms with Crippen LogP contribution in [0.1, 0.15) is 232 Å². The van der Waals surface area contributed by atoms with Gasteiger partial charge in [0.2, 0.25) is 11.8 Å². The molecule has 0 radical (unpaired) electrons. The number of amides is 2. The topological polar surface area (TPSA) is 181 Å². The Hall–Kier alpha value is -2.01. The predicted octanol–water partition coefficient (Wildman–Crippen LogP) is 11.5. The third-order valence-corrected chi connectivity index (χ3v) is 11.4. The van der Waals surface area contributed by atoms with Crippen LogP contribution < -0.4 is 11.1 Å². The second kappa shape index (κ2) is 41.7. The van der Waals surface area contributed by atoms with E-state index < -0.39 is 44.3 Å². The number of hydrogen-bond donors (Lipinski definition) is 3. The van der Waals surface area contributed by atoms with Gasteiger partial charge in [-0.2, -0.15) is 0 Å². The molecule has 0 aromatic heterocycles. The van der Waals surface area contributed by atoms with E-state index in [1.807, 2.05) is 0 Å². The van der Waals surface area contributed by atoms with Crippen LogP contribution in [-0.2, 0) is 42.3 Å². The van der Waals surface area contributed by atoms with Gasteiger partial charge in [-0.15, -0.1) is 0 Å². The van der Waals surface area contributed by atoms with Crippen LogP contribution in [0.5, 0.6) is 0 Å². The molecule has 0 aliphatic heterocycles. The summed E-state index contributed by atoms with van der Waals surface area (Å²) in [4.78, 5) is 57.9. The molecular formula is C45H87N2O10P. The lowest BCUT2D eigenvalue weighted by Gasteiger charge is -2.20. The summed E-state index contributed by atoms with van der Waals surface area (Å²) >= 11 is 0. The summed E-state index contributed by atoms with van der Waals surface area (Å²) in [6.45, 7) is 3.24. The number of ether oxygens (including phenoxy) is 2. The molecule has 0 bridgehead atoms. The summed E-state index contributed by atoms with van der Waals surface area (Å²) in [5.74, 6) is -1.98. The quantitative estimate of drug-likeness (QED) is 0.0303. The lowest BCUT2D eigenvalue weighted by Crippen LogP contribution is -2.30. The average Bonchev–Trinajstić information content (AvgIpc) is 3.19. The van der Waals surface area contributed by atoms with E-state index in [0.717, 1.165) is 38.5 Å². The van der Waals surface area contributed by atoms with E-state index >= 15 is 0 Å². The van der Waals surface area contributed by atoms with Crippen LogP contribution in [0.15, 0.2) is 0 Å². The van der Waals surface area contributed by atoms with Crippen molar-refractivity contribution in [3.8, 4) is 0 Å². The zero-order valence-corrected chi connectivity index (χ0v) is 38.0. The number of esters is 2. The van der Waals surface area contributed by atoms with Gasteiger partial charge in [0.1, 0.15) is 6.61 Å². The first kappa shape index (κ1) is 56.0. The molecule has 13 heteroatoms. The first-order valence-electron chi connectivity index (χ1n) is 23.6. The maximum absolute atomic E-state index is 12.7. The molecule has 0 spiro atoms. The Morgan fingerprint density at radius 3 is 1.29 bits per heavy atom. The fraction of sp³-hybridized carbons (Fsp3) is 0.911. The van der Waals surface area contributed by atoms with Crippen molar-refractivity contribution in [2.45, 2.75) is 238 Å². The highest BCUT2D eigenvalue weighted by atomic mass is 31.2. The van der Waals surface area contributed by atoms with Crippen LogP contribution in [0.3, 0.4) is 0 Å². The van der Waals surface area contributed by atoms with E-state index in [9.17, 15) is 28.6 Å². The fourth-order valence-corrected chi connectivity index (χ4v) is 7.54. The van der Waals surface area contributed by atoms with Crippen molar-refractivity contribution < 1.29 is 47.2 Å². The van der Waals surface area contributed by atoms with E-state index in [4.69, 9.17) is 24.3 Å². The fourth-order valence-electron chi connectivity index (χ4n) is 6.79. The van der Waals surface area contributed by atoms with Gasteiger partial charge in [0.05, 0.1) is 13.2 Å². The maximum Gasteiger partial charge on any atom is 0.472 e. The standard InChI is InChI=1S/C45H87N2O10P/c1-3-5-7-9-11-13-15-17-19-21-23-25-27-29-31-33-44(50)54-39-41(40-56-58(52,53)55-38-37-47-43(49)36-35-42(46)48)57-45(51)34-32-30-28-26-24-22-20-18-16-14-12-10-8-6-4-2/h41H,3-40H2,1-2H3,(H2,46,48)(H,47,49)(H,52,53). The van der Waals surface area contributed by atoms with Crippen molar-refractivity contribution >= 4 is 31.6 Å². The SMILES string of the molecule is CCCCCCCCCCCCCCCCCC(=O)OCC(COP(=O)(O)OCCNC(=O)CCC(N)=O)OC(=O)CCCCCCCCCCCCCCCCC. The smallest absolute Gasteiger partial charge is 0.462 e. The summed E-state index contributed by atoms with van der Waals surface area (Å²) in [5, 5.41) is 2.45. The van der Waals surface area contributed by atoms with Gasteiger partial charge in [0.15, 0.2) is 6.10 Å². The molecule has 4 N–H and O–H groups in total. The van der Waals surface area contributed by atoms with Gasteiger partial charge in [0.25, 0.3) is 0 Å². The highest BCUT2D eigenvalue weighted by Crippen LogP contribution is 2.43. The molecule has 0 aromatic rings. The molecular weight excluding hydrogens is 759 g/mol. The number of nitrogens with two attached hydrogens (primary N) is 1. The van der Waals surface area contributed by atoms with Crippen LogP contribution in [0, 0.1) is 0 Å². The number of primary amides is 1. The number of rotatable bonds is 45. The first-order valence-corrected chi connectivity index (χ1v) is 25.1. The van der Waals surface area contributed by atoms with E-state index in [1.54, 1.807) is 0 Å². The Kier molecular flexibility index (Phi) is 40.3. The molecule has 0 saturated carbocycles. The number of phosphoric acid groups is 1. The molecule has 2 amide bonds. The molecule has 58 heavy (non-hydrogen) atoms. The van der Waals surface area contributed by atoms with Crippen LogP contribution in [-0.4, -0.2) is 61.1 Å². The molecule has 0 heterocycles. The number of hydrogen-bond acceptors (Lipinski definition) is 9. The van der Waals surface area contributed by atoms with E-state index in [-0.39, 0.29) is 45.4 Å². The largest absolute Gasteiger partial charge is 0.472 e. The van der Waals surface area contributed by atoms with Crippen molar-refractivity contribution in [1.82, 2.24) is 5.32 Å². The number of carbonyl (C=O) groups excluding carboxylic acids is 4. The molecule has 2 atom stereocenters. The maximum atomic E-state index is 12.7. The van der Waals surface area contributed by atoms with Gasteiger partial charge in [-0.05, 0) is 12.8 Å². The van der Waals surface area contributed by atoms with Gasteiger partial charge in [-0.1, -0.05) is 194 Å². The van der Waals surface area contributed by atoms with Crippen molar-refractivity contribution in [2.75, 3.05) is 26.4 Å². The zero-order chi connectivity index (χ0) is 42.8. The van der Waals surface area contributed by atoms with Gasteiger partial charge in [-0.3, -0.25) is 28.2 Å². The monoisotopic (exact) mass is 847 g/mol. The Bertz CT molecular complexity index is 1050. The van der Waals surface area contributed by atoms with E-state index in [1.165, 1.54) is 141 Å². The normalized spacial score (nSPS) is 12.9. The van der Waals surface area contributed by atoms with Crippen LogP contribution in [0.4, 0.5) is 0 Å². The third-order valence-electron chi connectivity index (χ3n) is 10.4. The summed E-state index contributed by atoms with van der Waals surface area (Å²) in [6.07, 6.45) is 35.8. The Balaban J connectivity index is 4.44. The summed E-state index contributed by atoms with van der Waals surface area (Å²) in [6, 6.07) is 0. The molecule has 0 aliphatic carbocycles. The minimum Gasteiger partial charge on any atom is -0.462 e. The third kappa shape index (κ3) is 42.1. The van der Waals surface area contributed by atoms with Crippen LogP contribution in [0.25, 0.3) is 0 Å². The van der Waals surface area contributed by atoms with Crippen molar-refractivity contribution in [3.63, 3.8) is 0 Å². The van der Waals surface area contributed by atoms with Crippen molar-refractivity contribution in [3.05, 3.63) is 0 Å². The molecule has 0 aliphatic rings. The van der Waals surface area contributed by atoms with Gasteiger partial charge < -0.3 is 25.4 Å². The second-order valence-electron chi connectivity index (χ2n) is 16.1. The summed E-state index contributed by atoms with van der Waals surface area (Å²) in [5.41, 5.74) is 5.03. The highest BCUT2D eigenvalue weighted by molar-refractivity contribution is 7.47. The lowest BCUT2D eigenvalue weighted by atomic mass is 10.0. The second-order valence-corrected chi connectivity index (χ2v) is 17.6. The average molecular weight is 847 g/mol. The molecule has 0 saturated heterocycles. The zero-order valence-electron chi connectivity index (χ0n) is 37.1. The number of unbranched alkanes of at least 4 members (excludes halogenated alkanes) is 28. The molecule has 0 aromatic carbocycles. The molecule has 2 unspecified atom stereocenters. The van der Waals surface area contributed by atoms with Crippen LogP contribution >= 0.6 is 7.82 Å². The Morgan fingerprint density at radius 1 is 0.517 bits per heavy atom. The predicted molar refractivity (Wildman–Crippen MR) is 233 cm³/mol. The highest BCUT2D eigenvalue weighted by Gasteiger charge is 2.26. The van der Waals surface area contributed by atoms with E-state index in [2.05, 4.69) is 19.2 Å². The minimum absolute atomic E-state index is 0.0971. The first-order chi connectivity index (χ1) is 28.1. The number of phosphoric ester groups is 1. The Labute approximate surface area is 353 Å². The Morgan fingerprint density at radius 2 is 0.897 bits per heavy atom. The molecule has 12 nitrogen and oxygen atoms in total. The van der Waals surface area contributed by atoms with Gasteiger partial charge in [0, 0.05) is 32.2 Å². The number of nitrogens with one attached hydrogen (secondary N) is 1.